The summed E-state index contributed by atoms with van der Waals surface area (Å²) in [7, 11) is 0. The molecule has 0 aromatic heterocycles. The summed E-state index contributed by atoms with van der Waals surface area (Å²) >= 11 is 5.88. The first-order valence-electron chi connectivity index (χ1n) is 6.61. The zero-order valence-corrected chi connectivity index (χ0v) is 12.6. The minimum atomic E-state index is -2.86. The highest BCUT2D eigenvalue weighted by molar-refractivity contribution is 6.30. The second-order valence-corrected chi connectivity index (χ2v) is 5.65. The number of ether oxygens (including phenoxy) is 3. The molecular weight excluding hydrogens is 304 g/mol. The van der Waals surface area contributed by atoms with E-state index in [1.54, 1.807) is 6.07 Å². The van der Waals surface area contributed by atoms with Crippen LogP contribution in [0.1, 0.15) is 19.4 Å². The quantitative estimate of drug-likeness (QED) is 0.873. The molecule has 7 heteroatoms. The fourth-order valence-electron chi connectivity index (χ4n) is 2.13. The zero-order valence-electron chi connectivity index (χ0n) is 11.9. The van der Waals surface area contributed by atoms with Crippen molar-refractivity contribution < 1.29 is 23.0 Å². The molecule has 1 N–H and O–H groups in total. The summed E-state index contributed by atoms with van der Waals surface area (Å²) in [5, 5.41) is 3.60. The Balaban J connectivity index is 1.89. The molecule has 2 rings (SSSR count). The van der Waals surface area contributed by atoms with E-state index in [0.29, 0.717) is 30.3 Å². The first-order chi connectivity index (χ1) is 9.85. The third-order valence-electron chi connectivity index (χ3n) is 2.99. The first-order valence-corrected chi connectivity index (χ1v) is 6.99. The van der Waals surface area contributed by atoms with Gasteiger partial charge in [-0.15, -0.1) is 0 Å². The summed E-state index contributed by atoms with van der Waals surface area (Å²) in [4.78, 5) is 0. The Morgan fingerprint density at radius 3 is 2.86 bits per heavy atom. The van der Waals surface area contributed by atoms with Gasteiger partial charge in [-0.1, -0.05) is 11.6 Å². The van der Waals surface area contributed by atoms with Crippen LogP contribution in [0.4, 0.5) is 8.78 Å². The number of rotatable bonds is 6. The maximum absolute atomic E-state index is 12.3. The van der Waals surface area contributed by atoms with Crippen LogP contribution in [-0.4, -0.2) is 31.7 Å². The molecule has 0 amide bonds. The van der Waals surface area contributed by atoms with Crippen LogP contribution in [-0.2, 0) is 16.0 Å². The largest absolute Gasteiger partial charge is 0.434 e. The van der Waals surface area contributed by atoms with Crippen molar-refractivity contribution in [3.63, 3.8) is 0 Å². The molecule has 0 saturated carbocycles. The second kappa shape index (κ2) is 6.87. The molecule has 0 aliphatic carbocycles. The summed E-state index contributed by atoms with van der Waals surface area (Å²) in [5.41, 5.74) is 0.570. The van der Waals surface area contributed by atoms with Crippen molar-refractivity contribution in [1.82, 2.24) is 5.32 Å². The molecule has 0 bridgehead atoms. The molecule has 4 nitrogen and oxygen atoms in total. The molecular formula is C14H18ClF2NO3. The van der Waals surface area contributed by atoms with Gasteiger partial charge in [0.1, 0.15) is 5.75 Å². The lowest BCUT2D eigenvalue weighted by atomic mass is 10.2. The molecule has 1 unspecified atom stereocenters. The Morgan fingerprint density at radius 1 is 1.48 bits per heavy atom. The van der Waals surface area contributed by atoms with Crippen LogP contribution in [0.25, 0.3) is 0 Å². The van der Waals surface area contributed by atoms with Gasteiger partial charge in [0.15, 0.2) is 5.79 Å². The van der Waals surface area contributed by atoms with Crippen LogP contribution >= 0.6 is 11.6 Å². The van der Waals surface area contributed by atoms with Crippen molar-refractivity contribution >= 4 is 11.6 Å². The molecule has 1 aliphatic heterocycles. The lowest BCUT2D eigenvalue weighted by Gasteiger charge is -2.17. The highest BCUT2D eigenvalue weighted by Gasteiger charge is 2.32. The lowest BCUT2D eigenvalue weighted by molar-refractivity contribution is -0.137. The number of alkyl halides is 2. The zero-order chi connectivity index (χ0) is 15.5. The van der Waals surface area contributed by atoms with E-state index in [1.807, 2.05) is 13.8 Å². The summed E-state index contributed by atoms with van der Waals surface area (Å²) in [6, 6.07) is 4.55. The Bertz CT molecular complexity index is 485. The number of hydrogen-bond donors (Lipinski definition) is 1. The maximum atomic E-state index is 12.3. The topological polar surface area (TPSA) is 39.7 Å². The number of halogens is 3. The summed E-state index contributed by atoms with van der Waals surface area (Å²) in [5.74, 6) is -0.461. The maximum Gasteiger partial charge on any atom is 0.387 e. The molecule has 0 spiro atoms. The smallest absolute Gasteiger partial charge is 0.387 e. The molecule has 0 radical (unpaired) electrons. The van der Waals surface area contributed by atoms with Gasteiger partial charge in [0, 0.05) is 23.7 Å². The third-order valence-corrected chi connectivity index (χ3v) is 3.23. The summed E-state index contributed by atoms with van der Waals surface area (Å²) < 4.78 is 40.2. The Morgan fingerprint density at radius 2 is 2.24 bits per heavy atom. The van der Waals surface area contributed by atoms with Crippen LogP contribution < -0.4 is 10.1 Å². The summed E-state index contributed by atoms with van der Waals surface area (Å²) in [6.45, 7) is 2.22. The average Bonchev–Trinajstić information content (AvgIpc) is 2.72. The van der Waals surface area contributed by atoms with Crippen LogP contribution in [0.5, 0.6) is 5.75 Å². The van der Waals surface area contributed by atoms with Gasteiger partial charge in [-0.25, -0.2) is 0 Å². The van der Waals surface area contributed by atoms with Gasteiger partial charge < -0.3 is 19.5 Å². The van der Waals surface area contributed by atoms with Crippen molar-refractivity contribution in [3.8, 4) is 5.75 Å². The van der Waals surface area contributed by atoms with Crippen molar-refractivity contribution in [3.05, 3.63) is 28.8 Å². The fourth-order valence-corrected chi connectivity index (χ4v) is 2.32. The molecule has 1 aromatic carbocycles. The molecule has 1 fully saturated rings. The van der Waals surface area contributed by atoms with Gasteiger partial charge in [0.25, 0.3) is 0 Å². The predicted octanol–water partition coefficient (Wildman–Crippen LogP) is 3.18. The van der Waals surface area contributed by atoms with Crippen molar-refractivity contribution in [2.45, 2.75) is 38.9 Å². The molecule has 21 heavy (non-hydrogen) atoms. The molecule has 1 aliphatic rings. The summed E-state index contributed by atoms with van der Waals surface area (Å²) in [6.07, 6.45) is -0.0707. The van der Waals surface area contributed by atoms with Gasteiger partial charge >= 0.3 is 6.61 Å². The van der Waals surface area contributed by atoms with E-state index in [4.69, 9.17) is 21.1 Å². The fraction of sp³-hybridized carbons (Fsp3) is 0.571. The first kappa shape index (κ1) is 16.4. The Hall–Kier alpha value is -0.950. The van der Waals surface area contributed by atoms with Crippen molar-refractivity contribution in [1.29, 1.82) is 0 Å². The standard InChI is InChI=1S/C14H18ClF2NO3/c1-14(2)19-8-11(21-14)7-18-6-9-5-10(15)3-4-12(9)20-13(16)17/h3-5,11,13,18H,6-8H2,1-2H3. The number of hydrogen-bond acceptors (Lipinski definition) is 4. The van der Waals surface area contributed by atoms with Gasteiger partial charge in [-0.2, -0.15) is 8.78 Å². The monoisotopic (exact) mass is 321 g/mol. The average molecular weight is 322 g/mol. The highest BCUT2D eigenvalue weighted by atomic mass is 35.5. The molecule has 118 valence electrons. The van der Waals surface area contributed by atoms with Crippen molar-refractivity contribution in [2.75, 3.05) is 13.2 Å². The molecule has 1 heterocycles. The SMILES string of the molecule is CC1(C)OCC(CNCc2cc(Cl)ccc2OC(F)F)O1. The van der Waals surface area contributed by atoms with Crippen LogP contribution in [0.2, 0.25) is 5.02 Å². The highest BCUT2D eigenvalue weighted by Crippen LogP contribution is 2.25. The van der Waals surface area contributed by atoms with Gasteiger partial charge in [0.05, 0.1) is 12.7 Å². The van der Waals surface area contributed by atoms with E-state index in [0.717, 1.165) is 0 Å². The van der Waals surface area contributed by atoms with E-state index < -0.39 is 12.4 Å². The van der Waals surface area contributed by atoms with Crippen LogP contribution in [0, 0.1) is 0 Å². The van der Waals surface area contributed by atoms with Gasteiger partial charge in [-0.05, 0) is 32.0 Å². The van der Waals surface area contributed by atoms with E-state index >= 15 is 0 Å². The minimum absolute atomic E-state index is 0.0707. The Labute approximate surface area is 127 Å². The molecule has 1 atom stereocenters. The van der Waals surface area contributed by atoms with E-state index in [-0.39, 0.29) is 11.9 Å². The Kier molecular flexibility index (Phi) is 5.37. The number of nitrogens with one attached hydrogen (secondary N) is 1. The second-order valence-electron chi connectivity index (χ2n) is 5.21. The van der Waals surface area contributed by atoms with E-state index in [2.05, 4.69) is 10.1 Å². The normalized spacial score (nSPS) is 21.0. The van der Waals surface area contributed by atoms with Crippen LogP contribution in [0.3, 0.4) is 0 Å². The van der Waals surface area contributed by atoms with E-state index in [1.165, 1.54) is 12.1 Å². The number of benzene rings is 1. The lowest BCUT2D eigenvalue weighted by Crippen LogP contribution is -2.30. The molecule has 1 saturated heterocycles. The van der Waals surface area contributed by atoms with Crippen LogP contribution in [0.15, 0.2) is 18.2 Å². The molecule has 1 aromatic rings. The third kappa shape index (κ3) is 5.07. The van der Waals surface area contributed by atoms with Gasteiger partial charge in [0.2, 0.25) is 0 Å². The van der Waals surface area contributed by atoms with Crippen molar-refractivity contribution in [2.24, 2.45) is 0 Å². The van der Waals surface area contributed by atoms with Gasteiger partial charge in [-0.3, -0.25) is 0 Å². The minimum Gasteiger partial charge on any atom is -0.434 e. The van der Waals surface area contributed by atoms with E-state index in [9.17, 15) is 8.78 Å². The predicted molar refractivity (Wildman–Crippen MR) is 74.7 cm³/mol.